The van der Waals surface area contributed by atoms with Gasteiger partial charge in [-0.1, -0.05) is 12.1 Å². The summed E-state index contributed by atoms with van der Waals surface area (Å²) < 4.78 is 8.64. The normalized spacial score (nSPS) is 10.6. The molecule has 0 amide bonds. The Kier molecular flexibility index (Phi) is 4.06. The van der Waals surface area contributed by atoms with Crippen molar-refractivity contribution in [2.24, 2.45) is 0 Å². The number of hydrogen-bond acceptors (Lipinski definition) is 4. The van der Waals surface area contributed by atoms with Gasteiger partial charge in [0.1, 0.15) is 5.75 Å². The van der Waals surface area contributed by atoms with Gasteiger partial charge < -0.3 is 14.4 Å². The molecule has 112 valence electrons. The lowest BCUT2D eigenvalue weighted by Crippen LogP contribution is -2.08. The summed E-state index contributed by atoms with van der Waals surface area (Å²) in [4.78, 5) is 15.5. The molecule has 1 heterocycles. The lowest BCUT2D eigenvalue weighted by Gasteiger charge is -2.10. The Morgan fingerprint density at radius 1 is 1.14 bits per heavy atom. The van der Waals surface area contributed by atoms with Crippen LogP contribution < -0.4 is 15.0 Å². The van der Waals surface area contributed by atoms with Crippen LogP contribution in [0.4, 0.5) is 5.69 Å². The van der Waals surface area contributed by atoms with E-state index in [2.05, 4.69) is 9.71 Å². The van der Waals surface area contributed by atoms with E-state index in [4.69, 9.17) is 4.74 Å². The molecule has 0 bridgehead atoms. The highest BCUT2D eigenvalue weighted by Crippen LogP contribution is 2.30. The lowest BCUT2D eigenvalue weighted by molar-refractivity contribution is 0.405. The van der Waals surface area contributed by atoms with Crippen LogP contribution in [-0.4, -0.2) is 12.1 Å². The number of rotatable bonds is 4. The number of hydrogen-bond donors (Lipinski definition) is 2. The molecular formula is C17H16N2O2S. The van der Waals surface area contributed by atoms with Gasteiger partial charge in [0.05, 0.1) is 12.0 Å². The van der Waals surface area contributed by atoms with Crippen molar-refractivity contribution in [3.05, 3.63) is 64.4 Å². The van der Waals surface area contributed by atoms with Crippen molar-refractivity contribution in [1.29, 1.82) is 0 Å². The first-order valence-electron chi connectivity index (χ1n) is 6.87. The molecule has 2 aromatic carbocycles. The van der Waals surface area contributed by atoms with Crippen molar-refractivity contribution < 1.29 is 4.74 Å². The van der Waals surface area contributed by atoms with Crippen LogP contribution in [0, 0.1) is 6.92 Å². The van der Waals surface area contributed by atoms with Gasteiger partial charge in [-0.05, 0) is 55.3 Å². The number of anilines is 1. The quantitative estimate of drug-likeness (QED) is 0.716. The Hall–Kier alpha value is -2.40. The van der Waals surface area contributed by atoms with E-state index < -0.39 is 0 Å². The van der Waals surface area contributed by atoms with E-state index in [0.717, 1.165) is 27.2 Å². The molecule has 0 radical (unpaired) electrons. The molecule has 3 rings (SSSR count). The summed E-state index contributed by atoms with van der Waals surface area (Å²) in [7, 11) is 1.66. The Labute approximate surface area is 132 Å². The van der Waals surface area contributed by atoms with E-state index in [0.29, 0.717) is 5.56 Å². The smallest absolute Gasteiger partial charge is 0.251 e. The number of ether oxygens (including phenoxy) is 1. The lowest BCUT2D eigenvalue weighted by atomic mass is 10.1. The van der Waals surface area contributed by atoms with Crippen molar-refractivity contribution in [2.45, 2.75) is 11.8 Å². The Morgan fingerprint density at radius 2 is 1.95 bits per heavy atom. The molecule has 0 saturated carbocycles. The number of nitrogens with one attached hydrogen (secondary N) is 2. The van der Waals surface area contributed by atoms with Gasteiger partial charge in [0, 0.05) is 22.2 Å². The van der Waals surface area contributed by atoms with Gasteiger partial charge in [-0.2, -0.15) is 0 Å². The number of methoxy groups -OCH3 is 1. The van der Waals surface area contributed by atoms with Crippen LogP contribution in [0.5, 0.6) is 5.75 Å². The van der Waals surface area contributed by atoms with E-state index in [1.54, 1.807) is 7.11 Å². The summed E-state index contributed by atoms with van der Waals surface area (Å²) >= 11 is 1.49. The highest BCUT2D eigenvalue weighted by molar-refractivity contribution is 8.00. The number of H-pyrrole nitrogens is 1. The molecule has 5 heteroatoms. The van der Waals surface area contributed by atoms with Crippen molar-refractivity contribution in [3.63, 3.8) is 0 Å². The predicted molar refractivity (Wildman–Crippen MR) is 91.8 cm³/mol. The molecule has 1 aromatic heterocycles. The van der Waals surface area contributed by atoms with Crippen molar-refractivity contribution in [3.8, 4) is 5.75 Å². The third kappa shape index (κ3) is 2.94. The molecule has 4 nitrogen and oxygen atoms in total. The van der Waals surface area contributed by atoms with Crippen LogP contribution in [0.25, 0.3) is 10.9 Å². The summed E-state index contributed by atoms with van der Waals surface area (Å²) in [5, 5.41) is 1.00. The van der Waals surface area contributed by atoms with Crippen molar-refractivity contribution in [2.75, 3.05) is 11.8 Å². The second kappa shape index (κ2) is 6.15. The fraction of sp³-hybridized carbons (Fsp3) is 0.118. The van der Waals surface area contributed by atoms with Crippen molar-refractivity contribution in [1.82, 2.24) is 4.98 Å². The number of aromatic nitrogens is 1. The Morgan fingerprint density at radius 3 is 2.77 bits per heavy atom. The number of para-hydroxylation sites is 1. The van der Waals surface area contributed by atoms with Gasteiger partial charge in [-0.15, -0.1) is 0 Å². The zero-order valence-electron chi connectivity index (χ0n) is 12.3. The molecule has 0 aliphatic heterocycles. The maximum Gasteiger partial charge on any atom is 0.251 e. The number of pyridine rings is 1. The van der Waals surface area contributed by atoms with Gasteiger partial charge in [0.2, 0.25) is 0 Å². The molecule has 3 aromatic rings. The third-order valence-corrected chi connectivity index (χ3v) is 4.27. The SMILES string of the molecule is COc1ccccc1SNc1ccc2[nH]c(=O)c(C)cc2c1. The summed E-state index contributed by atoms with van der Waals surface area (Å²) in [6.07, 6.45) is 0. The highest BCUT2D eigenvalue weighted by Gasteiger charge is 2.04. The maximum atomic E-state index is 11.6. The molecule has 0 aliphatic rings. The molecule has 0 unspecified atom stereocenters. The fourth-order valence-electron chi connectivity index (χ4n) is 2.20. The summed E-state index contributed by atoms with van der Waals surface area (Å²) in [6, 6.07) is 15.6. The minimum atomic E-state index is -0.0448. The van der Waals surface area contributed by atoms with Crippen molar-refractivity contribution >= 4 is 28.5 Å². The van der Waals surface area contributed by atoms with Gasteiger partial charge in [0.15, 0.2) is 0 Å². The monoisotopic (exact) mass is 312 g/mol. The highest BCUT2D eigenvalue weighted by atomic mass is 32.2. The predicted octanol–water partition coefficient (Wildman–Crippen LogP) is 3.96. The van der Waals surface area contributed by atoms with Gasteiger partial charge in [0.25, 0.3) is 5.56 Å². The second-order valence-corrected chi connectivity index (χ2v) is 5.79. The molecule has 0 fully saturated rings. The Bertz CT molecular complexity index is 874. The average Bonchev–Trinajstić information content (AvgIpc) is 2.54. The Balaban J connectivity index is 1.85. The van der Waals surface area contributed by atoms with Crippen LogP contribution in [0.2, 0.25) is 0 Å². The average molecular weight is 312 g/mol. The molecule has 0 spiro atoms. The minimum absolute atomic E-state index is 0.0448. The summed E-state index contributed by atoms with van der Waals surface area (Å²) in [5.74, 6) is 0.834. The minimum Gasteiger partial charge on any atom is -0.496 e. The number of aryl methyl sites for hydroxylation is 1. The molecular weight excluding hydrogens is 296 g/mol. The molecule has 2 N–H and O–H groups in total. The van der Waals surface area contributed by atoms with E-state index in [1.165, 1.54) is 11.9 Å². The second-order valence-electron chi connectivity index (χ2n) is 4.94. The van der Waals surface area contributed by atoms with Crippen LogP contribution >= 0.6 is 11.9 Å². The van der Waals surface area contributed by atoms with Crippen LogP contribution in [0.3, 0.4) is 0 Å². The first-order valence-corrected chi connectivity index (χ1v) is 7.68. The first kappa shape index (κ1) is 14.5. The fourth-order valence-corrected chi connectivity index (χ4v) is 2.95. The standard InChI is InChI=1S/C17H16N2O2S/c1-11-9-12-10-13(7-8-14(12)18-17(11)20)19-22-16-6-4-3-5-15(16)21-2/h3-10,19H,1-2H3,(H,18,20). The zero-order valence-corrected chi connectivity index (χ0v) is 13.2. The van der Waals surface area contributed by atoms with Gasteiger partial charge in [-0.3, -0.25) is 4.79 Å². The molecule has 0 atom stereocenters. The molecule has 0 saturated heterocycles. The number of fused-ring (bicyclic) bond motifs is 1. The van der Waals surface area contributed by atoms with E-state index >= 15 is 0 Å². The summed E-state index contributed by atoms with van der Waals surface area (Å²) in [6.45, 7) is 1.81. The van der Waals surface area contributed by atoms with Gasteiger partial charge >= 0.3 is 0 Å². The largest absolute Gasteiger partial charge is 0.496 e. The van der Waals surface area contributed by atoms with E-state index in [-0.39, 0.29) is 5.56 Å². The molecule has 22 heavy (non-hydrogen) atoms. The van der Waals surface area contributed by atoms with E-state index in [9.17, 15) is 4.79 Å². The van der Waals surface area contributed by atoms with Crippen LogP contribution in [-0.2, 0) is 0 Å². The van der Waals surface area contributed by atoms with Crippen LogP contribution in [0.15, 0.2) is 58.2 Å². The van der Waals surface area contributed by atoms with E-state index in [1.807, 2.05) is 55.5 Å². The number of benzene rings is 2. The molecule has 0 aliphatic carbocycles. The topological polar surface area (TPSA) is 54.1 Å². The first-order chi connectivity index (χ1) is 10.7. The number of aromatic amines is 1. The third-order valence-electron chi connectivity index (χ3n) is 3.38. The zero-order chi connectivity index (χ0) is 15.5. The summed E-state index contributed by atoms with van der Waals surface area (Å²) in [5.41, 5.74) is 2.47. The maximum absolute atomic E-state index is 11.6. The van der Waals surface area contributed by atoms with Crippen LogP contribution in [0.1, 0.15) is 5.56 Å². The van der Waals surface area contributed by atoms with Gasteiger partial charge in [-0.25, -0.2) is 0 Å².